The molecule has 27 heavy (non-hydrogen) atoms. The van der Waals surface area contributed by atoms with E-state index in [1.807, 2.05) is 69.3 Å². The first-order valence-corrected chi connectivity index (χ1v) is 9.54. The van der Waals surface area contributed by atoms with Crippen LogP contribution in [-0.4, -0.2) is 18.1 Å². The third kappa shape index (κ3) is 6.31. The molecule has 1 amide bonds. The first-order valence-electron chi connectivity index (χ1n) is 9.54. The van der Waals surface area contributed by atoms with E-state index >= 15 is 0 Å². The second kappa shape index (κ2) is 8.94. The SMILES string of the molecule is CC[C@H](Oc1ccc(C(C)(C)C)cc1)C(=O)Nc1ccc(OC(C)C)cc1. The van der Waals surface area contributed by atoms with E-state index in [0.29, 0.717) is 12.2 Å². The van der Waals surface area contributed by atoms with E-state index in [-0.39, 0.29) is 17.4 Å². The summed E-state index contributed by atoms with van der Waals surface area (Å²) in [5.74, 6) is 1.32. The molecule has 0 fully saturated rings. The van der Waals surface area contributed by atoms with Crippen LogP contribution in [0.1, 0.15) is 53.5 Å². The third-order valence-corrected chi connectivity index (χ3v) is 4.16. The third-order valence-electron chi connectivity index (χ3n) is 4.16. The zero-order valence-electron chi connectivity index (χ0n) is 17.2. The van der Waals surface area contributed by atoms with Gasteiger partial charge in [-0.05, 0) is 67.6 Å². The molecular formula is C23H31NO3. The number of benzene rings is 2. The fourth-order valence-electron chi connectivity index (χ4n) is 2.63. The van der Waals surface area contributed by atoms with Crippen molar-refractivity contribution in [3.63, 3.8) is 0 Å². The Morgan fingerprint density at radius 2 is 1.44 bits per heavy atom. The molecule has 146 valence electrons. The number of ether oxygens (including phenoxy) is 2. The number of rotatable bonds is 7. The zero-order chi connectivity index (χ0) is 20.0. The summed E-state index contributed by atoms with van der Waals surface area (Å²) in [6.07, 6.45) is 0.159. The van der Waals surface area contributed by atoms with Crippen molar-refractivity contribution in [2.24, 2.45) is 0 Å². The molecule has 1 atom stereocenters. The van der Waals surface area contributed by atoms with E-state index in [0.717, 1.165) is 11.4 Å². The fourth-order valence-corrected chi connectivity index (χ4v) is 2.63. The van der Waals surface area contributed by atoms with Crippen molar-refractivity contribution in [2.45, 2.75) is 65.6 Å². The average Bonchev–Trinajstić information content (AvgIpc) is 2.60. The Labute approximate surface area is 162 Å². The van der Waals surface area contributed by atoms with Crippen molar-refractivity contribution in [1.82, 2.24) is 0 Å². The lowest BCUT2D eigenvalue weighted by molar-refractivity contribution is -0.122. The highest BCUT2D eigenvalue weighted by Gasteiger charge is 2.19. The van der Waals surface area contributed by atoms with Crippen LogP contribution in [0.3, 0.4) is 0 Å². The predicted octanol–water partition coefficient (Wildman–Crippen LogP) is 5.57. The second-order valence-electron chi connectivity index (χ2n) is 7.97. The number of carbonyl (C=O) groups excluding carboxylic acids is 1. The minimum absolute atomic E-state index is 0.0888. The Morgan fingerprint density at radius 3 is 1.93 bits per heavy atom. The molecule has 0 aliphatic heterocycles. The molecule has 4 nitrogen and oxygen atoms in total. The Morgan fingerprint density at radius 1 is 0.926 bits per heavy atom. The molecule has 2 rings (SSSR count). The summed E-state index contributed by atoms with van der Waals surface area (Å²) in [5, 5.41) is 2.91. The van der Waals surface area contributed by atoms with Crippen LogP contribution in [0.2, 0.25) is 0 Å². The zero-order valence-corrected chi connectivity index (χ0v) is 17.2. The molecule has 0 saturated carbocycles. The van der Waals surface area contributed by atoms with Crippen molar-refractivity contribution in [3.05, 3.63) is 54.1 Å². The highest BCUT2D eigenvalue weighted by molar-refractivity contribution is 5.94. The summed E-state index contributed by atoms with van der Waals surface area (Å²) in [6.45, 7) is 12.4. The van der Waals surface area contributed by atoms with Gasteiger partial charge in [0.2, 0.25) is 0 Å². The maximum absolute atomic E-state index is 12.6. The number of hydrogen-bond acceptors (Lipinski definition) is 3. The van der Waals surface area contributed by atoms with Crippen molar-refractivity contribution in [1.29, 1.82) is 0 Å². The quantitative estimate of drug-likeness (QED) is 0.694. The van der Waals surface area contributed by atoms with Crippen molar-refractivity contribution < 1.29 is 14.3 Å². The molecule has 1 N–H and O–H groups in total. The van der Waals surface area contributed by atoms with Crippen molar-refractivity contribution >= 4 is 11.6 Å². The van der Waals surface area contributed by atoms with Crippen LogP contribution in [0.25, 0.3) is 0 Å². The molecule has 0 saturated heterocycles. The van der Waals surface area contributed by atoms with E-state index < -0.39 is 6.10 Å². The number of carbonyl (C=O) groups is 1. The normalized spacial score (nSPS) is 12.6. The first-order chi connectivity index (χ1) is 12.7. The number of anilines is 1. The number of hydrogen-bond donors (Lipinski definition) is 1. The lowest BCUT2D eigenvalue weighted by Gasteiger charge is -2.21. The van der Waals surface area contributed by atoms with Gasteiger partial charge in [-0.25, -0.2) is 0 Å². The van der Waals surface area contributed by atoms with Gasteiger partial charge < -0.3 is 14.8 Å². The molecular weight excluding hydrogens is 338 g/mol. The topological polar surface area (TPSA) is 47.6 Å². The van der Waals surface area contributed by atoms with E-state index in [1.54, 1.807) is 0 Å². The molecule has 4 heteroatoms. The smallest absolute Gasteiger partial charge is 0.265 e. The molecule has 0 aromatic heterocycles. The molecule has 0 bridgehead atoms. The van der Waals surface area contributed by atoms with Gasteiger partial charge in [0, 0.05) is 5.69 Å². The average molecular weight is 370 g/mol. The molecule has 0 heterocycles. The Bertz CT molecular complexity index is 728. The van der Waals surface area contributed by atoms with Gasteiger partial charge in [-0.3, -0.25) is 4.79 Å². The van der Waals surface area contributed by atoms with Crippen LogP contribution in [0, 0.1) is 0 Å². The highest BCUT2D eigenvalue weighted by Crippen LogP contribution is 2.25. The summed E-state index contributed by atoms with van der Waals surface area (Å²) in [6, 6.07) is 15.3. The Hall–Kier alpha value is -2.49. The van der Waals surface area contributed by atoms with Crippen LogP contribution in [-0.2, 0) is 10.2 Å². The lowest BCUT2D eigenvalue weighted by Crippen LogP contribution is -2.32. The molecule has 0 aliphatic carbocycles. The van der Waals surface area contributed by atoms with Crippen LogP contribution in [0.5, 0.6) is 11.5 Å². The predicted molar refractivity (Wildman–Crippen MR) is 111 cm³/mol. The van der Waals surface area contributed by atoms with Gasteiger partial charge in [0.15, 0.2) is 6.10 Å². The van der Waals surface area contributed by atoms with Crippen LogP contribution in [0.15, 0.2) is 48.5 Å². The lowest BCUT2D eigenvalue weighted by atomic mass is 9.87. The van der Waals surface area contributed by atoms with Crippen molar-refractivity contribution in [3.8, 4) is 11.5 Å². The van der Waals surface area contributed by atoms with Gasteiger partial charge in [0.1, 0.15) is 11.5 Å². The summed E-state index contributed by atoms with van der Waals surface area (Å²) in [5.41, 5.74) is 2.04. The van der Waals surface area contributed by atoms with Gasteiger partial charge in [0.25, 0.3) is 5.91 Å². The second-order valence-corrected chi connectivity index (χ2v) is 7.97. The molecule has 0 spiro atoms. The standard InChI is InChI=1S/C23H31NO3/c1-7-21(27-20-12-8-17(9-13-20)23(4,5)6)22(25)24-18-10-14-19(15-11-18)26-16(2)3/h8-16,21H,7H2,1-6H3,(H,24,25)/t21-/m0/s1. The minimum atomic E-state index is -0.544. The maximum Gasteiger partial charge on any atom is 0.265 e. The summed E-state index contributed by atoms with van der Waals surface area (Å²) < 4.78 is 11.5. The molecule has 0 aliphatic rings. The van der Waals surface area contributed by atoms with Gasteiger partial charge in [0.05, 0.1) is 6.10 Å². The summed E-state index contributed by atoms with van der Waals surface area (Å²) >= 11 is 0. The van der Waals surface area contributed by atoms with Gasteiger partial charge in [-0.2, -0.15) is 0 Å². The fraction of sp³-hybridized carbons (Fsp3) is 0.435. The van der Waals surface area contributed by atoms with E-state index in [2.05, 4.69) is 26.1 Å². The van der Waals surface area contributed by atoms with E-state index in [1.165, 1.54) is 5.56 Å². The van der Waals surface area contributed by atoms with Gasteiger partial charge in [-0.1, -0.05) is 39.8 Å². The van der Waals surface area contributed by atoms with E-state index in [9.17, 15) is 4.79 Å². The molecule has 0 unspecified atom stereocenters. The largest absolute Gasteiger partial charge is 0.491 e. The van der Waals surface area contributed by atoms with Gasteiger partial charge >= 0.3 is 0 Å². The highest BCUT2D eigenvalue weighted by atomic mass is 16.5. The monoisotopic (exact) mass is 369 g/mol. The Balaban J connectivity index is 1.99. The van der Waals surface area contributed by atoms with Crippen LogP contribution >= 0.6 is 0 Å². The van der Waals surface area contributed by atoms with Crippen molar-refractivity contribution in [2.75, 3.05) is 5.32 Å². The van der Waals surface area contributed by atoms with Gasteiger partial charge in [-0.15, -0.1) is 0 Å². The van der Waals surface area contributed by atoms with E-state index in [4.69, 9.17) is 9.47 Å². The molecule has 2 aromatic rings. The minimum Gasteiger partial charge on any atom is -0.491 e. The summed E-state index contributed by atoms with van der Waals surface area (Å²) in [7, 11) is 0. The van der Waals surface area contributed by atoms with Crippen LogP contribution < -0.4 is 14.8 Å². The molecule has 0 radical (unpaired) electrons. The molecule has 2 aromatic carbocycles. The Kier molecular flexibility index (Phi) is 6.89. The number of amides is 1. The number of nitrogens with one attached hydrogen (secondary N) is 1. The first kappa shape index (κ1) is 20.8. The van der Waals surface area contributed by atoms with Crippen LogP contribution in [0.4, 0.5) is 5.69 Å². The maximum atomic E-state index is 12.6. The summed E-state index contributed by atoms with van der Waals surface area (Å²) in [4.78, 5) is 12.6.